The third-order valence-electron chi connectivity index (χ3n) is 3.49. The molecule has 1 fully saturated rings. The van der Waals surface area contributed by atoms with Crippen LogP contribution in [0.2, 0.25) is 0 Å². The summed E-state index contributed by atoms with van der Waals surface area (Å²) in [4.78, 5) is 10.8. The highest BCUT2D eigenvalue weighted by molar-refractivity contribution is 5.72. The summed E-state index contributed by atoms with van der Waals surface area (Å²) in [6.45, 7) is 12.6. The number of amides is 1. The molecule has 0 atom stereocenters. The van der Waals surface area contributed by atoms with Crippen LogP contribution in [0.5, 0.6) is 0 Å². The Balaban J connectivity index is 2.35. The van der Waals surface area contributed by atoms with Crippen molar-refractivity contribution in [2.45, 2.75) is 59.9 Å². The molecule has 0 unspecified atom stereocenters. The smallest absolute Gasteiger partial charge is 0.216 e. The summed E-state index contributed by atoms with van der Waals surface area (Å²) in [5.74, 6) is 0.0519. The largest absolute Gasteiger partial charge is 0.355 e. The summed E-state index contributed by atoms with van der Waals surface area (Å²) in [6, 6.07) is 0.586. The zero-order valence-corrected chi connectivity index (χ0v) is 12.0. The molecule has 1 amide bonds. The van der Waals surface area contributed by atoms with Crippen LogP contribution < -0.4 is 10.6 Å². The fraction of sp³-hybridized carbons (Fsp3) is 0.929. The minimum absolute atomic E-state index is 0.0519. The molecule has 3 heteroatoms. The van der Waals surface area contributed by atoms with Gasteiger partial charge in [0.05, 0.1) is 0 Å². The van der Waals surface area contributed by atoms with Gasteiger partial charge in [-0.2, -0.15) is 0 Å². The van der Waals surface area contributed by atoms with Gasteiger partial charge < -0.3 is 10.6 Å². The Morgan fingerprint density at radius 1 is 1.12 bits per heavy atom. The van der Waals surface area contributed by atoms with Crippen LogP contribution in [-0.2, 0) is 4.79 Å². The number of hydrogen-bond donors (Lipinski definition) is 2. The zero-order chi connectivity index (χ0) is 13.1. The van der Waals surface area contributed by atoms with Crippen LogP contribution in [0.1, 0.15) is 53.9 Å². The minimum atomic E-state index is 0.0519. The van der Waals surface area contributed by atoms with Crippen molar-refractivity contribution in [2.24, 2.45) is 10.8 Å². The fourth-order valence-electron chi connectivity index (χ4n) is 3.51. The SMILES string of the molecule is CC(=O)NCCNC1CC(C)(C)CC(C)(C)C1. The van der Waals surface area contributed by atoms with Gasteiger partial charge in [0.25, 0.3) is 0 Å². The van der Waals surface area contributed by atoms with E-state index in [-0.39, 0.29) is 5.91 Å². The zero-order valence-electron chi connectivity index (χ0n) is 12.0. The summed E-state index contributed by atoms with van der Waals surface area (Å²) in [5, 5.41) is 6.40. The lowest BCUT2D eigenvalue weighted by molar-refractivity contribution is -0.118. The Bertz CT molecular complexity index is 255. The molecular weight excluding hydrogens is 212 g/mol. The maximum Gasteiger partial charge on any atom is 0.216 e. The maximum absolute atomic E-state index is 10.8. The molecule has 1 aliphatic carbocycles. The van der Waals surface area contributed by atoms with Crippen LogP contribution >= 0.6 is 0 Å². The number of hydrogen-bond acceptors (Lipinski definition) is 2. The van der Waals surface area contributed by atoms with Crippen LogP contribution in [0.25, 0.3) is 0 Å². The molecule has 0 aromatic carbocycles. The Hall–Kier alpha value is -0.570. The molecule has 1 saturated carbocycles. The van der Waals surface area contributed by atoms with Gasteiger partial charge in [0, 0.05) is 26.1 Å². The summed E-state index contributed by atoms with van der Waals surface area (Å²) in [6.07, 6.45) is 3.76. The third kappa shape index (κ3) is 5.53. The van der Waals surface area contributed by atoms with E-state index in [0.29, 0.717) is 16.9 Å². The highest BCUT2D eigenvalue weighted by Crippen LogP contribution is 2.45. The van der Waals surface area contributed by atoms with E-state index in [4.69, 9.17) is 0 Å². The van der Waals surface area contributed by atoms with E-state index < -0.39 is 0 Å². The molecule has 2 N–H and O–H groups in total. The van der Waals surface area contributed by atoms with Crippen molar-refractivity contribution < 1.29 is 4.79 Å². The Morgan fingerprint density at radius 2 is 1.65 bits per heavy atom. The van der Waals surface area contributed by atoms with Gasteiger partial charge in [-0.1, -0.05) is 27.7 Å². The summed E-state index contributed by atoms with van der Waals surface area (Å²) in [5.41, 5.74) is 0.848. The van der Waals surface area contributed by atoms with E-state index in [9.17, 15) is 4.79 Å². The standard InChI is InChI=1S/C14H28N2O/c1-11(17)15-6-7-16-12-8-13(2,3)10-14(4,5)9-12/h12,16H,6-10H2,1-5H3,(H,15,17). The normalized spacial score (nSPS) is 23.4. The first kappa shape index (κ1) is 14.5. The van der Waals surface area contributed by atoms with E-state index in [0.717, 1.165) is 13.1 Å². The molecule has 0 saturated heterocycles. The van der Waals surface area contributed by atoms with Crippen LogP contribution in [0.15, 0.2) is 0 Å². The number of carbonyl (C=O) groups is 1. The lowest BCUT2D eigenvalue weighted by atomic mass is 9.63. The highest BCUT2D eigenvalue weighted by atomic mass is 16.1. The second-order valence-corrected chi connectivity index (χ2v) is 7.05. The predicted octanol–water partition coefficient (Wildman–Crippen LogP) is 2.32. The molecule has 0 heterocycles. The molecule has 0 aromatic rings. The first-order valence-electron chi connectivity index (χ1n) is 6.68. The van der Waals surface area contributed by atoms with Crippen LogP contribution in [0.4, 0.5) is 0 Å². The maximum atomic E-state index is 10.8. The van der Waals surface area contributed by atoms with Gasteiger partial charge in [-0.25, -0.2) is 0 Å². The van der Waals surface area contributed by atoms with Crippen molar-refractivity contribution in [3.8, 4) is 0 Å². The van der Waals surface area contributed by atoms with Crippen LogP contribution in [0.3, 0.4) is 0 Å². The molecule has 3 nitrogen and oxygen atoms in total. The van der Waals surface area contributed by atoms with E-state index in [1.165, 1.54) is 19.3 Å². The van der Waals surface area contributed by atoms with Crippen molar-refractivity contribution in [1.29, 1.82) is 0 Å². The molecule has 0 aliphatic heterocycles. The van der Waals surface area contributed by atoms with E-state index in [1.54, 1.807) is 6.92 Å². The van der Waals surface area contributed by atoms with Gasteiger partial charge in [-0.3, -0.25) is 4.79 Å². The number of nitrogens with one attached hydrogen (secondary N) is 2. The molecule has 1 aliphatic rings. The summed E-state index contributed by atoms with van der Waals surface area (Å²) < 4.78 is 0. The topological polar surface area (TPSA) is 41.1 Å². The van der Waals surface area contributed by atoms with Gasteiger partial charge in [-0.05, 0) is 30.1 Å². The van der Waals surface area contributed by atoms with Gasteiger partial charge >= 0.3 is 0 Å². The van der Waals surface area contributed by atoms with Gasteiger partial charge in [0.2, 0.25) is 5.91 Å². The molecule has 0 aromatic heterocycles. The number of rotatable bonds is 4. The lowest BCUT2D eigenvalue weighted by Crippen LogP contribution is -2.45. The van der Waals surface area contributed by atoms with E-state index in [1.807, 2.05) is 0 Å². The second kappa shape index (κ2) is 5.38. The van der Waals surface area contributed by atoms with Gasteiger partial charge in [-0.15, -0.1) is 0 Å². The Labute approximate surface area is 106 Å². The average molecular weight is 240 g/mol. The Kier molecular flexibility index (Phi) is 4.59. The van der Waals surface area contributed by atoms with Crippen molar-refractivity contribution >= 4 is 5.91 Å². The average Bonchev–Trinajstić information content (AvgIpc) is 2.06. The van der Waals surface area contributed by atoms with Crippen LogP contribution in [0, 0.1) is 10.8 Å². The molecule has 0 spiro atoms. The molecule has 100 valence electrons. The minimum Gasteiger partial charge on any atom is -0.355 e. The quantitative estimate of drug-likeness (QED) is 0.740. The molecule has 1 rings (SSSR count). The fourth-order valence-corrected chi connectivity index (χ4v) is 3.51. The van der Waals surface area contributed by atoms with Gasteiger partial charge in [0.1, 0.15) is 0 Å². The predicted molar refractivity (Wildman–Crippen MR) is 71.9 cm³/mol. The Morgan fingerprint density at radius 3 is 2.12 bits per heavy atom. The molecule has 0 bridgehead atoms. The van der Waals surface area contributed by atoms with Crippen molar-refractivity contribution in [1.82, 2.24) is 10.6 Å². The first-order chi connectivity index (χ1) is 7.70. The van der Waals surface area contributed by atoms with Crippen molar-refractivity contribution in [3.63, 3.8) is 0 Å². The lowest BCUT2D eigenvalue weighted by Gasteiger charge is -2.45. The second-order valence-electron chi connectivity index (χ2n) is 7.05. The van der Waals surface area contributed by atoms with Crippen molar-refractivity contribution in [3.05, 3.63) is 0 Å². The monoisotopic (exact) mass is 240 g/mol. The van der Waals surface area contributed by atoms with Crippen LogP contribution in [-0.4, -0.2) is 25.0 Å². The third-order valence-corrected chi connectivity index (χ3v) is 3.49. The summed E-state index contributed by atoms with van der Waals surface area (Å²) in [7, 11) is 0. The molecule has 17 heavy (non-hydrogen) atoms. The molecule has 0 radical (unpaired) electrons. The van der Waals surface area contributed by atoms with Gasteiger partial charge in [0.15, 0.2) is 0 Å². The number of carbonyl (C=O) groups excluding carboxylic acids is 1. The summed E-state index contributed by atoms with van der Waals surface area (Å²) >= 11 is 0. The van der Waals surface area contributed by atoms with E-state index >= 15 is 0 Å². The highest BCUT2D eigenvalue weighted by Gasteiger charge is 2.37. The molecular formula is C14H28N2O. The van der Waals surface area contributed by atoms with E-state index in [2.05, 4.69) is 38.3 Å². The van der Waals surface area contributed by atoms with Crippen molar-refractivity contribution in [2.75, 3.05) is 13.1 Å². The first-order valence-corrected chi connectivity index (χ1v) is 6.68.